The summed E-state index contributed by atoms with van der Waals surface area (Å²) in [5, 5.41) is 0. The van der Waals surface area contributed by atoms with Crippen molar-refractivity contribution < 1.29 is 13.9 Å². The number of nitrogens with zero attached hydrogens (tertiary/aromatic N) is 1. The van der Waals surface area contributed by atoms with Gasteiger partial charge in [-0.3, -0.25) is 4.79 Å². The van der Waals surface area contributed by atoms with Crippen molar-refractivity contribution in [3.8, 4) is 0 Å². The number of halogens is 1. The van der Waals surface area contributed by atoms with Crippen molar-refractivity contribution in [1.29, 1.82) is 0 Å². The van der Waals surface area contributed by atoms with Crippen LogP contribution in [0.5, 0.6) is 0 Å². The van der Waals surface area contributed by atoms with Crippen molar-refractivity contribution in [1.82, 2.24) is 0 Å². The van der Waals surface area contributed by atoms with Crippen molar-refractivity contribution in [2.24, 2.45) is 0 Å². The van der Waals surface area contributed by atoms with Gasteiger partial charge >= 0.3 is 0 Å². The molecule has 0 aliphatic rings. The van der Waals surface area contributed by atoms with E-state index in [2.05, 4.69) is 0 Å². The predicted molar refractivity (Wildman–Crippen MR) is 65.5 cm³/mol. The molecule has 1 atom stereocenters. The summed E-state index contributed by atoms with van der Waals surface area (Å²) < 4.78 is 18.1. The first-order valence-electron chi connectivity index (χ1n) is 5.78. The van der Waals surface area contributed by atoms with E-state index in [-0.39, 0.29) is 11.7 Å². The first-order chi connectivity index (χ1) is 8.10. The van der Waals surface area contributed by atoms with Crippen LogP contribution in [0.1, 0.15) is 20.8 Å². The maximum atomic E-state index is 12.8. The molecule has 1 rings (SSSR count). The Morgan fingerprint density at radius 1 is 1.35 bits per heavy atom. The monoisotopic (exact) mass is 239 g/mol. The lowest BCUT2D eigenvalue weighted by Crippen LogP contribution is -2.39. The van der Waals surface area contributed by atoms with Gasteiger partial charge in [-0.05, 0) is 45.0 Å². The number of amides is 1. The highest BCUT2D eigenvalue weighted by Crippen LogP contribution is 2.16. The number of likely N-dealkylation sites (N-methyl/N-ethyl adjacent to an activating group) is 1. The number of carbonyl (C=O) groups is 1. The van der Waals surface area contributed by atoms with Crippen molar-refractivity contribution in [2.45, 2.75) is 26.9 Å². The Morgan fingerprint density at radius 2 is 1.94 bits per heavy atom. The molecule has 0 spiro atoms. The number of benzene rings is 1. The van der Waals surface area contributed by atoms with Gasteiger partial charge in [0.15, 0.2) is 0 Å². The average Bonchev–Trinajstić information content (AvgIpc) is 2.32. The number of hydrogen-bond acceptors (Lipinski definition) is 2. The van der Waals surface area contributed by atoms with Crippen LogP contribution < -0.4 is 4.90 Å². The second kappa shape index (κ2) is 6.35. The van der Waals surface area contributed by atoms with Crippen LogP contribution in [0.15, 0.2) is 24.3 Å². The van der Waals surface area contributed by atoms with Gasteiger partial charge in [0.2, 0.25) is 0 Å². The lowest BCUT2D eigenvalue weighted by atomic mass is 10.2. The fraction of sp³-hybridized carbons (Fsp3) is 0.462. The highest BCUT2D eigenvalue weighted by molar-refractivity contribution is 5.96. The molecule has 0 bridgehead atoms. The molecular formula is C13H18FNO2. The zero-order chi connectivity index (χ0) is 12.8. The van der Waals surface area contributed by atoms with Crippen LogP contribution in [-0.4, -0.2) is 25.2 Å². The number of rotatable bonds is 5. The Balaban J connectivity index is 2.84. The summed E-state index contributed by atoms with van der Waals surface area (Å²) in [5.74, 6) is -0.420. The van der Waals surface area contributed by atoms with E-state index < -0.39 is 6.10 Å². The van der Waals surface area contributed by atoms with Crippen LogP contribution >= 0.6 is 0 Å². The molecule has 0 aliphatic heterocycles. The second-order valence-electron chi connectivity index (χ2n) is 3.66. The summed E-state index contributed by atoms with van der Waals surface area (Å²) >= 11 is 0. The van der Waals surface area contributed by atoms with Gasteiger partial charge in [0.1, 0.15) is 11.9 Å². The molecule has 0 radical (unpaired) electrons. The number of carbonyl (C=O) groups excluding carboxylic acids is 1. The van der Waals surface area contributed by atoms with E-state index in [9.17, 15) is 9.18 Å². The van der Waals surface area contributed by atoms with Crippen LogP contribution in [-0.2, 0) is 9.53 Å². The highest BCUT2D eigenvalue weighted by Gasteiger charge is 2.20. The molecule has 94 valence electrons. The maximum Gasteiger partial charge on any atom is 0.255 e. The third-order valence-electron chi connectivity index (χ3n) is 2.48. The SMILES string of the molecule is CCOC(C)C(=O)N(CC)c1ccc(F)cc1. The zero-order valence-electron chi connectivity index (χ0n) is 10.4. The van der Waals surface area contributed by atoms with Gasteiger partial charge in [0, 0.05) is 18.8 Å². The molecule has 0 saturated carbocycles. The van der Waals surface area contributed by atoms with Crippen molar-refractivity contribution in [3.63, 3.8) is 0 Å². The molecule has 4 heteroatoms. The van der Waals surface area contributed by atoms with Crippen molar-refractivity contribution >= 4 is 11.6 Å². The van der Waals surface area contributed by atoms with E-state index >= 15 is 0 Å². The summed E-state index contributed by atoms with van der Waals surface area (Å²) in [6.45, 7) is 6.46. The van der Waals surface area contributed by atoms with E-state index in [0.717, 1.165) is 0 Å². The normalized spacial score (nSPS) is 12.2. The van der Waals surface area contributed by atoms with Gasteiger partial charge in [0.25, 0.3) is 5.91 Å². The molecule has 0 fully saturated rings. The van der Waals surface area contributed by atoms with Gasteiger partial charge < -0.3 is 9.64 Å². The van der Waals surface area contributed by atoms with E-state index in [1.807, 2.05) is 13.8 Å². The van der Waals surface area contributed by atoms with Gasteiger partial charge in [-0.15, -0.1) is 0 Å². The quantitative estimate of drug-likeness (QED) is 0.790. The van der Waals surface area contributed by atoms with Gasteiger partial charge in [0.05, 0.1) is 0 Å². The smallest absolute Gasteiger partial charge is 0.255 e. The molecule has 1 unspecified atom stereocenters. The fourth-order valence-corrected chi connectivity index (χ4v) is 1.63. The van der Waals surface area contributed by atoms with Gasteiger partial charge in [-0.2, -0.15) is 0 Å². The summed E-state index contributed by atoms with van der Waals surface area (Å²) in [4.78, 5) is 13.6. The average molecular weight is 239 g/mol. The second-order valence-corrected chi connectivity index (χ2v) is 3.66. The first kappa shape index (κ1) is 13.6. The molecule has 3 nitrogen and oxygen atoms in total. The Hall–Kier alpha value is -1.42. The summed E-state index contributed by atoms with van der Waals surface area (Å²) in [6.07, 6.45) is -0.481. The summed E-state index contributed by atoms with van der Waals surface area (Å²) in [6, 6.07) is 5.87. The van der Waals surface area contributed by atoms with Crippen molar-refractivity contribution in [2.75, 3.05) is 18.1 Å². The zero-order valence-corrected chi connectivity index (χ0v) is 10.4. The highest BCUT2D eigenvalue weighted by atomic mass is 19.1. The molecule has 0 heterocycles. The number of ether oxygens (including phenoxy) is 1. The molecule has 0 N–H and O–H groups in total. The minimum atomic E-state index is -0.481. The minimum absolute atomic E-state index is 0.110. The van der Waals surface area contributed by atoms with Crippen LogP contribution in [0, 0.1) is 5.82 Å². The van der Waals surface area contributed by atoms with E-state index in [1.54, 1.807) is 24.0 Å². The Kier molecular flexibility index (Phi) is 5.10. The summed E-state index contributed by atoms with van der Waals surface area (Å²) in [5.41, 5.74) is 0.686. The van der Waals surface area contributed by atoms with E-state index in [1.165, 1.54) is 12.1 Å². The largest absolute Gasteiger partial charge is 0.369 e. The van der Waals surface area contributed by atoms with Crippen LogP contribution in [0.25, 0.3) is 0 Å². The lowest BCUT2D eigenvalue weighted by Gasteiger charge is -2.24. The van der Waals surface area contributed by atoms with Gasteiger partial charge in [-0.1, -0.05) is 0 Å². The Bertz CT molecular complexity index is 364. The molecular weight excluding hydrogens is 221 g/mol. The van der Waals surface area contributed by atoms with Crippen LogP contribution in [0.4, 0.5) is 10.1 Å². The fourth-order valence-electron chi connectivity index (χ4n) is 1.63. The summed E-state index contributed by atoms with van der Waals surface area (Å²) in [7, 11) is 0. The van der Waals surface area contributed by atoms with Crippen LogP contribution in [0.2, 0.25) is 0 Å². The molecule has 17 heavy (non-hydrogen) atoms. The molecule has 0 aromatic heterocycles. The predicted octanol–water partition coefficient (Wildman–Crippen LogP) is 2.60. The molecule has 1 aromatic rings. The standard InChI is InChI=1S/C13H18FNO2/c1-4-15(13(16)10(3)17-5-2)12-8-6-11(14)7-9-12/h6-10H,4-5H2,1-3H3. The van der Waals surface area contributed by atoms with E-state index in [0.29, 0.717) is 18.8 Å². The topological polar surface area (TPSA) is 29.5 Å². The molecule has 1 amide bonds. The molecule has 0 saturated heterocycles. The van der Waals surface area contributed by atoms with Crippen LogP contribution in [0.3, 0.4) is 0 Å². The Morgan fingerprint density at radius 3 is 2.41 bits per heavy atom. The first-order valence-corrected chi connectivity index (χ1v) is 5.78. The van der Waals surface area contributed by atoms with E-state index in [4.69, 9.17) is 4.74 Å². The van der Waals surface area contributed by atoms with Crippen molar-refractivity contribution in [3.05, 3.63) is 30.1 Å². The van der Waals surface area contributed by atoms with Gasteiger partial charge in [-0.25, -0.2) is 4.39 Å². The third kappa shape index (κ3) is 3.53. The third-order valence-corrected chi connectivity index (χ3v) is 2.48. The lowest BCUT2D eigenvalue weighted by molar-refractivity contribution is -0.128. The minimum Gasteiger partial charge on any atom is -0.369 e. The Labute approximate surface area is 101 Å². The molecule has 0 aliphatic carbocycles. The number of anilines is 1. The molecule has 1 aromatic carbocycles. The number of hydrogen-bond donors (Lipinski definition) is 0. The maximum absolute atomic E-state index is 12.8.